The summed E-state index contributed by atoms with van der Waals surface area (Å²) in [6.45, 7) is 1.79. The number of nitrogens with zero attached hydrogens (tertiary/aromatic N) is 1. The van der Waals surface area contributed by atoms with Crippen molar-refractivity contribution in [3.63, 3.8) is 0 Å². The first-order chi connectivity index (χ1) is 8.27. The average Bonchev–Trinajstić information content (AvgIpc) is 2.39. The zero-order valence-electron chi connectivity index (χ0n) is 9.68. The Kier molecular flexibility index (Phi) is 3.20. The summed E-state index contributed by atoms with van der Waals surface area (Å²) in [5.74, 6) is -0.671. The molecule has 0 aliphatic heterocycles. The van der Waals surface area contributed by atoms with Gasteiger partial charge in [0.1, 0.15) is 5.92 Å². The number of Topliss-reactive ketones (excluding diaryl/α,β-unsaturated/α-hetero) is 1. The zero-order chi connectivity index (χ0) is 12.3. The second-order valence-electron chi connectivity index (χ2n) is 3.95. The lowest BCUT2D eigenvalue weighted by Gasteiger charge is -2.10. The predicted octanol–water partition coefficient (Wildman–Crippen LogP) is 3.43. The summed E-state index contributed by atoms with van der Waals surface area (Å²) in [6, 6.07) is 15.7. The van der Waals surface area contributed by atoms with Gasteiger partial charge in [0.2, 0.25) is 0 Å². The number of hydrogen-bond acceptors (Lipinski definition) is 2. The summed E-state index contributed by atoms with van der Waals surface area (Å²) in [5, 5.41) is 11.2. The fourth-order valence-corrected chi connectivity index (χ4v) is 2.02. The smallest absolute Gasteiger partial charge is 0.154 e. The van der Waals surface area contributed by atoms with Crippen molar-refractivity contribution in [3.8, 4) is 6.07 Å². The Morgan fingerprint density at radius 1 is 1.24 bits per heavy atom. The van der Waals surface area contributed by atoms with Gasteiger partial charge >= 0.3 is 0 Å². The molecule has 0 radical (unpaired) electrons. The third-order valence-electron chi connectivity index (χ3n) is 2.93. The Bertz CT molecular complexity index is 590. The monoisotopic (exact) mass is 223 g/mol. The van der Waals surface area contributed by atoms with Gasteiger partial charge in [0, 0.05) is 6.42 Å². The van der Waals surface area contributed by atoms with Crippen LogP contribution in [0.25, 0.3) is 10.8 Å². The molecule has 1 atom stereocenters. The molecule has 2 aromatic carbocycles. The van der Waals surface area contributed by atoms with Gasteiger partial charge in [-0.05, 0) is 16.3 Å². The van der Waals surface area contributed by atoms with Gasteiger partial charge in [-0.2, -0.15) is 5.26 Å². The number of nitriles is 1. The minimum Gasteiger partial charge on any atom is -0.298 e. The summed E-state index contributed by atoms with van der Waals surface area (Å²) in [6.07, 6.45) is 0.390. The van der Waals surface area contributed by atoms with Gasteiger partial charge in [0.25, 0.3) is 0 Å². The second kappa shape index (κ2) is 4.80. The molecular weight excluding hydrogens is 210 g/mol. The molecule has 0 N–H and O–H groups in total. The van der Waals surface area contributed by atoms with E-state index in [0.29, 0.717) is 6.42 Å². The lowest BCUT2D eigenvalue weighted by molar-refractivity contribution is -0.119. The summed E-state index contributed by atoms with van der Waals surface area (Å²) in [4.78, 5) is 11.8. The van der Waals surface area contributed by atoms with Crippen LogP contribution in [0.4, 0.5) is 0 Å². The maximum absolute atomic E-state index is 11.8. The van der Waals surface area contributed by atoms with Gasteiger partial charge < -0.3 is 0 Å². The van der Waals surface area contributed by atoms with Crippen molar-refractivity contribution in [2.45, 2.75) is 19.3 Å². The summed E-state index contributed by atoms with van der Waals surface area (Å²) >= 11 is 0. The van der Waals surface area contributed by atoms with E-state index in [1.54, 1.807) is 6.92 Å². The molecule has 0 saturated heterocycles. The number of benzene rings is 2. The van der Waals surface area contributed by atoms with Crippen LogP contribution < -0.4 is 0 Å². The van der Waals surface area contributed by atoms with Gasteiger partial charge in [-0.1, -0.05) is 49.4 Å². The average molecular weight is 223 g/mol. The van der Waals surface area contributed by atoms with Crippen molar-refractivity contribution in [2.75, 3.05) is 0 Å². The highest BCUT2D eigenvalue weighted by Gasteiger charge is 2.19. The molecule has 84 valence electrons. The van der Waals surface area contributed by atoms with Crippen molar-refractivity contribution in [2.24, 2.45) is 0 Å². The van der Waals surface area contributed by atoms with Crippen molar-refractivity contribution >= 4 is 16.6 Å². The van der Waals surface area contributed by atoms with E-state index in [-0.39, 0.29) is 5.78 Å². The highest BCUT2D eigenvalue weighted by molar-refractivity contribution is 5.95. The lowest BCUT2D eigenvalue weighted by atomic mass is 9.90. The molecule has 2 nitrogen and oxygen atoms in total. The molecule has 0 aromatic heterocycles. The third kappa shape index (κ3) is 2.05. The molecule has 0 aliphatic rings. The van der Waals surface area contributed by atoms with E-state index in [1.165, 1.54) is 0 Å². The number of fused-ring (bicyclic) bond motifs is 1. The van der Waals surface area contributed by atoms with E-state index in [1.807, 2.05) is 42.5 Å². The number of rotatable bonds is 3. The molecule has 2 heteroatoms. The topological polar surface area (TPSA) is 40.9 Å². The van der Waals surface area contributed by atoms with Gasteiger partial charge in [-0.15, -0.1) is 0 Å². The number of ketones is 1. The number of carbonyl (C=O) groups is 1. The lowest BCUT2D eigenvalue weighted by Crippen LogP contribution is -2.09. The predicted molar refractivity (Wildman–Crippen MR) is 67.6 cm³/mol. The van der Waals surface area contributed by atoms with E-state index in [2.05, 4.69) is 6.07 Å². The molecule has 0 spiro atoms. The van der Waals surface area contributed by atoms with Crippen LogP contribution in [0.5, 0.6) is 0 Å². The summed E-state index contributed by atoms with van der Waals surface area (Å²) in [5.41, 5.74) is 0.817. The number of carbonyl (C=O) groups excluding carboxylic acids is 1. The molecule has 0 aliphatic carbocycles. The second-order valence-corrected chi connectivity index (χ2v) is 3.95. The molecule has 0 saturated carbocycles. The minimum atomic E-state index is -0.647. The van der Waals surface area contributed by atoms with Crippen LogP contribution in [-0.2, 0) is 4.79 Å². The Morgan fingerprint density at radius 2 is 1.94 bits per heavy atom. The Labute approximate surface area is 100 Å². The zero-order valence-corrected chi connectivity index (χ0v) is 9.68. The third-order valence-corrected chi connectivity index (χ3v) is 2.93. The van der Waals surface area contributed by atoms with Crippen LogP contribution in [0.2, 0.25) is 0 Å². The van der Waals surface area contributed by atoms with E-state index in [9.17, 15) is 4.79 Å². The highest BCUT2D eigenvalue weighted by Crippen LogP contribution is 2.26. The molecule has 0 amide bonds. The first kappa shape index (κ1) is 11.3. The molecule has 0 heterocycles. The maximum atomic E-state index is 11.8. The molecule has 2 aromatic rings. The van der Waals surface area contributed by atoms with Crippen LogP contribution >= 0.6 is 0 Å². The minimum absolute atomic E-state index is 0.0242. The summed E-state index contributed by atoms with van der Waals surface area (Å²) in [7, 11) is 0. The van der Waals surface area contributed by atoms with Crippen molar-refractivity contribution in [1.29, 1.82) is 5.26 Å². The maximum Gasteiger partial charge on any atom is 0.154 e. The van der Waals surface area contributed by atoms with E-state index >= 15 is 0 Å². The molecule has 17 heavy (non-hydrogen) atoms. The van der Waals surface area contributed by atoms with Gasteiger partial charge in [0.05, 0.1) is 6.07 Å². The SMILES string of the molecule is CCC(=O)C(C#N)c1cccc2ccccc12. The summed E-state index contributed by atoms with van der Waals surface area (Å²) < 4.78 is 0. The van der Waals surface area contributed by atoms with Crippen molar-refractivity contribution < 1.29 is 4.79 Å². The van der Waals surface area contributed by atoms with Gasteiger partial charge in [0.15, 0.2) is 5.78 Å². The molecule has 0 fully saturated rings. The van der Waals surface area contributed by atoms with Crippen LogP contribution in [-0.4, -0.2) is 5.78 Å². The first-order valence-corrected chi connectivity index (χ1v) is 5.68. The normalized spacial score (nSPS) is 12.0. The van der Waals surface area contributed by atoms with Crippen LogP contribution in [0.3, 0.4) is 0 Å². The van der Waals surface area contributed by atoms with Crippen LogP contribution in [0.1, 0.15) is 24.8 Å². The van der Waals surface area contributed by atoms with Crippen LogP contribution in [0, 0.1) is 11.3 Å². The number of hydrogen-bond donors (Lipinski definition) is 0. The quantitative estimate of drug-likeness (QED) is 0.799. The molecule has 1 unspecified atom stereocenters. The Hall–Kier alpha value is -2.14. The first-order valence-electron chi connectivity index (χ1n) is 5.68. The standard InChI is InChI=1S/C15H13NO/c1-2-15(17)14(10-16)13-9-5-7-11-6-3-4-8-12(11)13/h3-9,14H,2H2,1H3. The fourth-order valence-electron chi connectivity index (χ4n) is 2.02. The van der Waals surface area contributed by atoms with Gasteiger partial charge in [-0.25, -0.2) is 0 Å². The van der Waals surface area contributed by atoms with E-state index in [4.69, 9.17) is 5.26 Å². The largest absolute Gasteiger partial charge is 0.298 e. The molecule has 2 rings (SSSR count). The fraction of sp³-hybridized carbons (Fsp3) is 0.200. The van der Waals surface area contributed by atoms with E-state index < -0.39 is 5.92 Å². The van der Waals surface area contributed by atoms with Gasteiger partial charge in [-0.3, -0.25) is 4.79 Å². The molecule has 0 bridgehead atoms. The Morgan fingerprint density at radius 3 is 2.65 bits per heavy atom. The Balaban J connectivity index is 2.62. The highest BCUT2D eigenvalue weighted by atomic mass is 16.1. The molecular formula is C15H13NO. The van der Waals surface area contributed by atoms with Crippen LogP contribution in [0.15, 0.2) is 42.5 Å². The van der Waals surface area contributed by atoms with Crippen molar-refractivity contribution in [1.82, 2.24) is 0 Å². The van der Waals surface area contributed by atoms with Crippen molar-refractivity contribution in [3.05, 3.63) is 48.0 Å². The van der Waals surface area contributed by atoms with E-state index in [0.717, 1.165) is 16.3 Å².